The lowest BCUT2D eigenvalue weighted by molar-refractivity contribution is -0.130. The van der Waals surface area contributed by atoms with Crippen LogP contribution in [0.3, 0.4) is 0 Å². The Morgan fingerprint density at radius 1 is 1.17 bits per heavy atom. The summed E-state index contributed by atoms with van der Waals surface area (Å²) in [6, 6.07) is 15.1. The van der Waals surface area contributed by atoms with Gasteiger partial charge < -0.3 is 15.0 Å². The van der Waals surface area contributed by atoms with Gasteiger partial charge in [-0.2, -0.15) is 0 Å². The van der Waals surface area contributed by atoms with Gasteiger partial charge in [-0.1, -0.05) is 37.3 Å². The van der Waals surface area contributed by atoms with Gasteiger partial charge in [-0.25, -0.2) is 4.98 Å². The molecule has 3 rings (SSSR count). The molecule has 156 valence electrons. The number of amides is 2. The van der Waals surface area contributed by atoms with E-state index in [9.17, 15) is 9.59 Å². The maximum atomic E-state index is 12.5. The number of ether oxygens (including phenoxy) is 1. The average molecular weight is 424 g/mol. The fourth-order valence-electron chi connectivity index (χ4n) is 2.90. The zero-order valence-corrected chi connectivity index (χ0v) is 18.1. The standard InChI is InChI=1S/C23H25N3O3S/c1-4-17(16-9-5-7-11-19(16)29-15-23(28)26(2)3)24-21(27)13-14-22-25-18-10-6-8-12-20(18)30-22/h5-14,17H,4,15H2,1-3H3,(H,24,27)/b14-13+. The number of hydrogen-bond donors (Lipinski definition) is 1. The molecule has 1 unspecified atom stereocenters. The summed E-state index contributed by atoms with van der Waals surface area (Å²) in [6.07, 6.45) is 3.91. The number of rotatable bonds is 8. The van der Waals surface area contributed by atoms with Crippen molar-refractivity contribution in [2.24, 2.45) is 0 Å². The lowest BCUT2D eigenvalue weighted by Gasteiger charge is -2.20. The maximum absolute atomic E-state index is 12.5. The molecule has 0 saturated heterocycles. The molecule has 0 fully saturated rings. The first-order valence-corrected chi connectivity index (χ1v) is 10.6. The lowest BCUT2D eigenvalue weighted by Crippen LogP contribution is -2.29. The van der Waals surface area contributed by atoms with Crippen molar-refractivity contribution in [1.82, 2.24) is 15.2 Å². The predicted octanol–water partition coefficient (Wildman–Crippen LogP) is 4.04. The number of benzene rings is 2. The van der Waals surface area contributed by atoms with Crippen molar-refractivity contribution in [1.29, 1.82) is 0 Å². The van der Waals surface area contributed by atoms with Crippen LogP contribution in [-0.2, 0) is 9.59 Å². The number of carbonyl (C=O) groups excluding carboxylic acids is 2. The maximum Gasteiger partial charge on any atom is 0.259 e. The Labute approximate surface area is 180 Å². The van der Waals surface area contributed by atoms with Gasteiger partial charge in [0, 0.05) is 25.7 Å². The van der Waals surface area contributed by atoms with E-state index in [2.05, 4.69) is 10.3 Å². The molecule has 6 nitrogen and oxygen atoms in total. The number of thiazole rings is 1. The molecule has 3 aromatic rings. The Balaban J connectivity index is 1.68. The summed E-state index contributed by atoms with van der Waals surface area (Å²) < 4.78 is 6.80. The van der Waals surface area contributed by atoms with Gasteiger partial charge in [0.1, 0.15) is 10.8 Å². The van der Waals surface area contributed by atoms with E-state index in [1.165, 1.54) is 11.0 Å². The molecule has 0 saturated carbocycles. The zero-order chi connectivity index (χ0) is 21.5. The molecule has 30 heavy (non-hydrogen) atoms. The summed E-state index contributed by atoms with van der Waals surface area (Å²) in [5.74, 6) is 0.260. The minimum atomic E-state index is -0.233. The van der Waals surface area contributed by atoms with Crippen molar-refractivity contribution < 1.29 is 14.3 Å². The van der Waals surface area contributed by atoms with Crippen molar-refractivity contribution in [2.45, 2.75) is 19.4 Å². The molecule has 1 atom stereocenters. The molecule has 0 bridgehead atoms. The number of nitrogens with one attached hydrogen (secondary N) is 1. The largest absolute Gasteiger partial charge is 0.483 e. The van der Waals surface area contributed by atoms with Gasteiger partial charge in [0.25, 0.3) is 5.91 Å². The van der Waals surface area contributed by atoms with Crippen LogP contribution in [0.1, 0.15) is 30.0 Å². The number of hydrogen-bond acceptors (Lipinski definition) is 5. The van der Waals surface area contributed by atoms with Crippen molar-refractivity contribution >= 4 is 39.4 Å². The predicted molar refractivity (Wildman–Crippen MR) is 120 cm³/mol. The fraction of sp³-hybridized carbons (Fsp3) is 0.261. The molecule has 2 amide bonds. The SMILES string of the molecule is CCC(NC(=O)/C=C/c1nc2ccccc2s1)c1ccccc1OCC(=O)N(C)C. The topological polar surface area (TPSA) is 71.5 Å². The van der Waals surface area contributed by atoms with E-state index in [0.29, 0.717) is 12.2 Å². The Hall–Kier alpha value is -3.19. The van der Waals surface area contributed by atoms with E-state index >= 15 is 0 Å². The number of carbonyl (C=O) groups is 2. The number of para-hydroxylation sites is 2. The third-order valence-electron chi connectivity index (χ3n) is 4.56. The van der Waals surface area contributed by atoms with Crippen LogP contribution in [-0.4, -0.2) is 42.4 Å². The van der Waals surface area contributed by atoms with Gasteiger partial charge in [-0.3, -0.25) is 9.59 Å². The first-order chi connectivity index (χ1) is 14.5. The van der Waals surface area contributed by atoms with Crippen molar-refractivity contribution in [3.63, 3.8) is 0 Å². The first-order valence-electron chi connectivity index (χ1n) is 9.74. The highest BCUT2D eigenvalue weighted by atomic mass is 32.1. The van der Waals surface area contributed by atoms with Gasteiger partial charge in [0.15, 0.2) is 6.61 Å². The first kappa shape index (κ1) is 21.5. The highest BCUT2D eigenvalue weighted by molar-refractivity contribution is 7.19. The normalized spacial score (nSPS) is 12.1. The van der Waals surface area contributed by atoms with Crippen molar-refractivity contribution in [3.05, 3.63) is 65.2 Å². The van der Waals surface area contributed by atoms with Crippen LogP contribution in [0.4, 0.5) is 0 Å². The molecule has 0 spiro atoms. The average Bonchev–Trinajstić information content (AvgIpc) is 3.17. The Morgan fingerprint density at radius 3 is 2.63 bits per heavy atom. The van der Waals surface area contributed by atoms with Gasteiger partial charge in [-0.05, 0) is 30.7 Å². The Morgan fingerprint density at radius 2 is 1.90 bits per heavy atom. The molecule has 0 aliphatic carbocycles. The summed E-state index contributed by atoms with van der Waals surface area (Å²) >= 11 is 1.54. The van der Waals surface area contributed by atoms with E-state index in [1.807, 2.05) is 55.5 Å². The van der Waals surface area contributed by atoms with E-state index < -0.39 is 0 Å². The number of nitrogens with zero attached hydrogens (tertiary/aromatic N) is 2. The molecule has 0 aliphatic rings. The molecule has 7 heteroatoms. The molecule has 1 N–H and O–H groups in total. The van der Waals surface area contributed by atoms with Crippen LogP contribution in [0, 0.1) is 0 Å². The highest BCUT2D eigenvalue weighted by Crippen LogP contribution is 2.27. The van der Waals surface area contributed by atoms with Crippen LogP contribution < -0.4 is 10.1 Å². The molecule has 0 radical (unpaired) electrons. The van der Waals surface area contributed by atoms with E-state index in [0.717, 1.165) is 20.8 Å². The molecular formula is C23H25N3O3S. The minimum absolute atomic E-state index is 0.0497. The number of aromatic nitrogens is 1. The summed E-state index contributed by atoms with van der Waals surface area (Å²) in [5.41, 5.74) is 1.76. The Kier molecular flexibility index (Phi) is 7.19. The van der Waals surface area contributed by atoms with Gasteiger partial charge in [0.05, 0.1) is 16.3 Å². The van der Waals surface area contributed by atoms with Crippen LogP contribution in [0.5, 0.6) is 5.75 Å². The smallest absolute Gasteiger partial charge is 0.259 e. The minimum Gasteiger partial charge on any atom is -0.483 e. The molecule has 1 heterocycles. The van der Waals surface area contributed by atoms with Crippen LogP contribution in [0.15, 0.2) is 54.6 Å². The van der Waals surface area contributed by atoms with Gasteiger partial charge >= 0.3 is 0 Å². The second-order valence-electron chi connectivity index (χ2n) is 6.94. The summed E-state index contributed by atoms with van der Waals surface area (Å²) in [6.45, 7) is 1.94. The van der Waals surface area contributed by atoms with E-state index in [4.69, 9.17) is 4.74 Å². The second-order valence-corrected chi connectivity index (χ2v) is 8.00. The number of fused-ring (bicyclic) bond motifs is 1. The molecule has 2 aromatic carbocycles. The van der Waals surface area contributed by atoms with Gasteiger partial charge in [-0.15, -0.1) is 11.3 Å². The zero-order valence-electron chi connectivity index (χ0n) is 17.3. The van der Waals surface area contributed by atoms with Crippen molar-refractivity contribution in [2.75, 3.05) is 20.7 Å². The lowest BCUT2D eigenvalue weighted by atomic mass is 10.0. The third kappa shape index (κ3) is 5.45. The molecular weight excluding hydrogens is 398 g/mol. The fourth-order valence-corrected chi connectivity index (χ4v) is 3.77. The Bertz CT molecular complexity index is 1030. The van der Waals surface area contributed by atoms with Crippen molar-refractivity contribution in [3.8, 4) is 5.75 Å². The van der Waals surface area contributed by atoms with E-state index in [1.54, 1.807) is 31.5 Å². The third-order valence-corrected chi connectivity index (χ3v) is 5.56. The van der Waals surface area contributed by atoms with Crippen LogP contribution in [0.25, 0.3) is 16.3 Å². The molecule has 0 aliphatic heterocycles. The second kappa shape index (κ2) is 10.0. The van der Waals surface area contributed by atoms with E-state index in [-0.39, 0.29) is 24.5 Å². The molecule has 1 aromatic heterocycles. The number of likely N-dealkylation sites (N-methyl/N-ethyl adjacent to an activating group) is 1. The van der Waals surface area contributed by atoms with Crippen LogP contribution >= 0.6 is 11.3 Å². The quantitative estimate of drug-likeness (QED) is 0.555. The van der Waals surface area contributed by atoms with Gasteiger partial charge in [0.2, 0.25) is 5.91 Å². The summed E-state index contributed by atoms with van der Waals surface area (Å²) in [5, 5.41) is 3.80. The van der Waals surface area contributed by atoms with Crippen LogP contribution in [0.2, 0.25) is 0 Å². The highest BCUT2D eigenvalue weighted by Gasteiger charge is 2.17. The summed E-state index contributed by atoms with van der Waals surface area (Å²) in [7, 11) is 3.37. The summed E-state index contributed by atoms with van der Waals surface area (Å²) in [4.78, 5) is 30.4. The monoisotopic (exact) mass is 423 g/mol.